The van der Waals surface area contributed by atoms with Crippen molar-refractivity contribution in [1.82, 2.24) is 0 Å². The van der Waals surface area contributed by atoms with E-state index in [-0.39, 0.29) is 24.6 Å². The summed E-state index contributed by atoms with van der Waals surface area (Å²) < 4.78 is 2.94. The zero-order valence-electron chi connectivity index (χ0n) is 8.77. The van der Waals surface area contributed by atoms with Crippen molar-refractivity contribution in [2.24, 2.45) is 5.41 Å². The third-order valence-electron chi connectivity index (χ3n) is 1.81. The fraction of sp³-hybridized carbons (Fsp3) is 0.778. The number of alkyl halides is 3. The van der Waals surface area contributed by atoms with Crippen LogP contribution in [0.5, 0.6) is 0 Å². The van der Waals surface area contributed by atoms with Crippen LogP contribution in [0.15, 0.2) is 0 Å². The molecule has 0 bridgehead atoms. The first-order chi connectivity index (χ1) is 6.58. The first-order valence-corrected chi connectivity index (χ1v) is 5.80. The molecular weight excluding hydrogens is 307 g/mol. The van der Waals surface area contributed by atoms with Gasteiger partial charge in [-0.2, -0.15) is 0 Å². The summed E-state index contributed by atoms with van der Waals surface area (Å²) in [6, 6.07) is 0. The number of methoxy groups -OCH3 is 1. The second-order valence-corrected chi connectivity index (χ2v) is 7.44. The number of ketones is 1. The standard InChI is InChI=1S/C9H13BrCl2O3/c1-8(2,5-7(14)15-3)4-6(13)9(10,11)12/h4-5H2,1-3H3. The van der Waals surface area contributed by atoms with Gasteiger partial charge in [0, 0.05) is 6.42 Å². The predicted molar refractivity (Wildman–Crippen MR) is 63.4 cm³/mol. The maximum Gasteiger partial charge on any atom is 0.306 e. The number of rotatable bonds is 5. The topological polar surface area (TPSA) is 43.4 Å². The summed E-state index contributed by atoms with van der Waals surface area (Å²) in [5.74, 6) is -0.739. The lowest BCUT2D eigenvalue weighted by Crippen LogP contribution is -2.28. The SMILES string of the molecule is COC(=O)CC(C)(C)CC(=O)C(Cl)(Cl)Br. The molecule has 3 nitrogen and oxygen atoms in total. The quantitative estimate of drug-likeness (QED) is 0.578. The van der Waals surface area contributed by atoms with E-state index >= 15 is 0 Å². The van der Waals surface area contributed by atoms with Gasteiger partial charge in [-0.25, -0.2) is 0 Å². The molecule has 0 fully saturated rings. The maximum atomic E-state index is 11.5. The van der Waals surface area contributed by atoms with E-state index in [0.717, 1.165) is 0 Å². The van der Waals surface area contributed by atoms with Crippen LogP contribution in [0.4, 0.5) is 0 Å². The Hall–Kier alpha value is 0.200. The monoisotopic (exact) mass is 318 g/mol. The molecule has 0 aromatic heterocycles. The third kappa shape index (κ3) is 6.38. The van der Waals surface area contributed by atoms with Gasteiger partial charge in [-0.3, -0.25) is 9.59 Å². The van der Waals surface area contributed by atoms with Crippen molar-refractivity contribution in [2.45, 2.75) is 29.9 Å². The van der Waals surface area contributed by atoms with Crippen LogP contribution in [0.3, 0.4) is 0 Å². The molecule has 0 heterocycles. The summed E-state index contributed by atoms with van der Waals surface area (Å²) in [5.41, 5.74) is -0.521. The number of hydrogen-bond donors (Lipinski definition) is 0. The van der Waals surface area contributed by atoms with E-state index in [4.69, 9.17) is 23.2 Å². The number of carbonyl (C=O) groups excluding carboxylic acids is 2. The van der Waals surface area contributed by atoms with Crippen LogP contribution in [0.1, 0.15) is 26.7 Å². The molecule has 0 N–H and O–H groups in total. The average molecular weight is 320 g/mol. The van der Waals surface area contributed by atoms with E-state index in [1.807, 2.05) is 0 Å². The molecule has 0 unspecified atom stereocenters. The minimum absolute atomic E-state index is 0.0976. The van der Waals surface area contributed by atoms with Crippen molar-refractivity contribution in [3.05, 3.63) is 0 Å². The van der Waals surface area contributed by atoms with Gasteiger partial charge in [-0.05, 0) is 21.3 Å². The number of halogens is 3. The molecule has 0 rings (SSSR count). The third-order valence-corrected chi connectivity index (χ3v) is 2.67. The fourth-order valence-electron chi connectivity index (χ4n) is 1.06. The highest BCUT2D eigenvalue weighted by Crippen LogP contribution is 2.36. The van der Waals surface area contributed by atoms with Crippen LogP contribution in [0, 0.1) is 5.41 Å². The Labute approximate surface area is 108 Å². The molecule has 0 amide bonds. The van der Waals surface area contributed by atoms with Gasteiger partial charge < -0.3 is 4.74 Å². The molecule has 0 aromatic rings. The van der Waals surface area contributed by atoms with Gasteiger partial charge in [0.2, 0.25) is 3.24 Å². The van der Waals surface area contributed by atoms with Gasteiger partial charge in [0.25, 0.3) is 0 Å². The summed E-state index contributed by atoms with van der Waals surface area (Å²) in [4.78, 5) is 22.5. The van der Waals surface area contributed by atoms with Crippen molar-refractivity contribution in [1.29, 1.82) is 0 Å². The Kier molecular flexibility index (Phi) is 5.58. The summed E-state index contributed by atoms with van der Waals surface area (Å²) >= 11 is 14.0. The Morgan fingerprint density at radius 3 is 2.07 bits per heavy atom. The predicted octanol–water partition coefficient (Wildman–Crippen LogP) is 3.06. The Bertz CT molecular complexity index is 259. The van der Waals surface area contributed by atoms with Gasteiger partial charge in [-0.15, -0.1) is 0 Å². The van der Waals surface area contributed by atoms with E-state index in [0.29, 0.717) is 0 Å². The Morgan fingerprint density at radius 1 is 1.27 bits per heavy atom. The Morgan fingerprint density at radius 2 is 1.73 bits per heavy atom. The van der Waals surface area contributed by atoms with Crippen molar-refractivity contribution in [3.63, 3.8) is 0 Å². The van der Waals surface area contributed by atoms with E-state index in [2.05, 4.69) is 20.7 Å². The minimum atomic E-state index is -1.58. The molecule has 88 valence electrons. The van der Waals surface area contributed by atoms with Gasteiger partial charge in [0.1, 0.15) is 0 Å². The molecule has 0 saturated carbocycles. The lowest BCUT2D eigenvalue weighted by molar-refractivity contribution is -0.143. The van der Waals surface area contributed by atoms with Crippen molar-refractivity contribution >= 4 is 50.9 Å². The molecule has 0 aliphatic rings. The smallest absolute Gasteiger partial charge is 0.306 e. The molecule has 0 saturated heterocycles. The molecule has 0 aromatic carbocycles. The molecule has 0 aliphatic heterocycles. The van der Waals surface area contributed by atoms with Crippen LogP contribution in [0.2, 0.25) is 0 Å². The number of carbonyl (C=O) groups is 2. The van der Waals surface area contributed by atoms with Crippen LogP contribution >= 0.6 is 39.1 Å². The largest absolute Gasteiger partial charge is 0.469 e. The van der Waals surface area contributed by atoms with Crippen LogP contribution in [-0.4, -0.2) is 22.1 Å². The lowest BCUT2D eigenvalue weighted by atomic mass is 9.84. The summed E-state index contributed by atoms with van der Waals surface area (Å²) in [5, 5.41) is 0. The van der Waals surface area contributed by atoms with Crippen LogP contribution < -0.4 is 0 Å². The average Bonchev–Trinajstić information content (AvgIpc) is 2.00. The molecular formula is C9H13BrCl2O3. The van der Waals surface area contributed by atoms with E-state index in [9.17, 15) is 9.59 Å². The molecule has 0 radical (unpaired) electrons. The van der Waals surface area contributed by atoms with Gasteiger partial charge in [0.05, 0.1) is 13.5 Å². The Balaban J connectivity index is 4.38. The van der Waals surface area contributed by atoms with E-state index in [1.165, 1.54) is 7.11 Å². The van der Waals surface area contributed by atoms with Crippen molar-refractivity contribution in [2.75, 3.05) is 7.11 Å². The van der Waals surface area contributed by atoms with Crippen LogP contribution in [0.25, 0.3) is 0 Å². The summed E-state index contributed by atoms with van der Waals surface area (Å²) in [6.45, 7) is 3.54. The normalized spacial score (nSPS) is 12.4. The second-order valence-electron chi connectivity index (χ2n) is 4.01. The molecule has 6 heteroatoms. The highest BCUT2D eigenvalue weighted by molar-refractivity contribution is 9.11. The van der Waals surface area contributed by atoms with E-state index in [1.54, 1.807) is 13.8 Å². The summed E-state index contributed by atoms with van der Waals surface area (Å²) in [6.07, 6.45) is 0.243. The maximum absolute atomic E-state index is 11.5. The highest BCUT2D eigenvalue weighted by atomic mass is 79.9. The molecule has 0 aliphatic carbocycles. The fourth-order valence-corrected chi connectivity index (χ4v) is 1.33. The molecule has 0 spiro atoms. The van der Waals surface area contributed by atoms with Gasteiger partial charge in [-0.1, -0.05) is 37.0 Å². The number of ether oxygens (including phenoxy) is 1. The minimum Gasteiger partial charge on any atom is -0.469 e. The highest BCUT2D eigenvalue weighted by Gasteiger charge is 2.35. The van der Waals surface area contributed by atoms with Crippen LogP contribution in [-0.2, 0) is 14.3 Å². The number of Topliss-reactive ketones (excluding diaryl/α,β-unsaturated/α-hetero) is 1. The summed E-state index contributed by atoms with van der Waals surface area (Å²) in [7, 11) is 1.30. The van der Waals surface area contributed by atoms with E-state index < -0.39 is 8.66 Å². The molecule has 15 heavy (non-hydrogen) atoms. The number of hydrogen-bond acceptors (Lipinski definition) is 3. The second kappa shape index (κ2) is 5.51. The zero-order chi connectivity index (χ0) is 12.3. The van der Waals surface area contributed by atoms with Crippen molar-refractivity contribution < 1.29 is 14.3 Å². The zero-order valence-corrected chi connectivity index (χ0v) is 11.9. The number of esters is 1. The van der Waals surface area contributed by atoms with Gasteiger partial charge >= 0.3 is 5.97 Å². The first-order valence-electron chi connectivity index (χ1n) is 4.25. The van der Waals surface area contributed by atoms with Gasteiger partial charge in [0.15, 0.2) is 5.78 Å². The first kappa shape index (κ1) is 15.2. The molecule has 0 atom stereocenters. The lowest BCUT2D eigenvalue weighted by Gasteiger charge is -2.24. The van der Waals surface area contributed by atoms with Crippen molar-refractivity contribution in [3.8, 4) is 0 Å².